The van der Waals surface area contributed by atoms with Crippen molar-refractivity contribution in [2.45, 2.75) is 25.3 Å². The van der Waals surface area contributed by atoms with Crippen LogP contribution in [0.3, 0.4) is 0 Å². The van der Waals surface area contributed by atoms with Gasteiger partial charge in [-0.25, -0.2) is 17.5 Å². The van der Waals surface area contributed by atoms with Crippen molar-refractivity contribution in [3.05, 3.63) is 47.3 Å². The first-order valence-electron chi connectivity index (χ1n) is 8.35. The highest BCUT2D eigenvalue weighted by Crippen LogP contribution is 2.27. The molecule has 0 aromatic rings. The predicted molar refractivity (Wildman–Crippen MR) is 93.3 cm³/mol. The number of allylic oxidation sites excluding steroid dienone is 2. The number of likely N-dealkylation sites (tertiary alicyclic amines) is 1. The standard InChI is InChI=1S/C17H22FN3O3S/c1-2-25(23,24)19-11-12-5-7-21(8-6-12)17(22)16-10-13-9-14(18)3-4-15(13)20-16/h2-3,9-10,12,15,19-20H,1,4-8,11H2. The Morgan fingerprint density at radius 2 is 2.12 bits per heavy atom. The monoisotopic (exact) mass is 367 g/mol. The van der Waals surface area contributed by atoms with E-state index in [1.54, 1.807) is 11.0 Å². The van der Waals surface area contributed by atoms with Gasteiger partial charge in [0.15, 0.2) is 0 Å². The molecule has 3 rings (SSSR count). The minimum absolute atomic E-state index is 0.0238. The van der Waals surface area contributed by atoms with Crippen LogP contribution in [0.4, 0.5) is 4.39 Å². The summed E-state index contributed by atoms with van der Waals surface area (Å²) in [5.74, 6) is -0.144. The molecule has 1 unspecified atom stereocenters. The number of halogens is 1. The van der Waals surface area contributed by atoms with Crippen molar-refractivity contribution in [1.82, 2.24) is 14.9 Å². The molecule has 1 amide bonds. The third kappa shape index (κ3) is 4.19. The fourth-order valence-electron chi connectivity index (χ4n) is 3.29. The van der Waals surface area contributed by atoms with E-state index >= 15 is 0 Å². The van der Waals surface area contributed by atoms with Crippen LogP contribution in [0.2, 0.25) is 0 Å². The summed E-state index contributed by atoms with van der Waals surface area (Å²) in [4.78, 5) is 14.4. The average Bonchev–Trinajstić information content (AvgIpc) is 3.03. The fraction of sp³-hybridized carbons (Fsp3) is 0.471. The molecule has 0 radical (unpaired) electrons. The fourth-order valence-corrected chi connectivity index (χ4v) is 3.88. The lowest BCUT2D eigenvalue weighted by atomic mass is 9.97. The van der Waals surface area contributed by atoms with Crippen LogP contribution in [-0.4, -0.2) is 44.9 Å². The topological polar surface area (TPSA) is 78.5 Å². The second kappa shape index (κ2) is 7.13. The van der Waals surface area contributed by atoms with Gasteiger partial charge in [0.2, 0.25) is 10.0 Å². The molecule has 1 atom stereocenters. The Balaban J connectivity index is 1.53. The van der Waals surface area contributed by atoms with Gasteiger partial charge in [0, 0.05) is 25.0 Å². The van der Waals surface area contributed by atoms with E-state index in [0.29, 0.717) is 31.8 Å². The molecule has 0 bridgehead atoms. The van der Waals surface area contributed by atoms with Gasteiger partial charge in [-0.3, -0.25) is 4.79 Å². The SMILES string of the molecule is C=CS(=O)(=O)NCC1CCN(C(=O)C2=CC3=CC(F)=CCC3N2)CC1. The van der Waals surface area contributed by atoms with Gasteiger partial charge >= 0.3 is 0 Å². The van der Waals surface area contributed by atoms with Gasteiger partial charge in [-0.1, -0.05) is 6.58 Å². The maximum Gasteiger partial charge on any atom is 0.269 e. The molecule has 1 fully saturated rings. The van der Waals surface area contributed by atoms with E-state index in [1.165, 1.54) is 12.2 Å². The van der Waals surface area contributed by atoms with E-state index in [4.69, 9.17) is 0 Å². The molecule has 0 aromatic carbocycles. The molecule has 2 N–H and O–H groups in total. The van der Waals surface area contributed by atoms with Crippen LogP contribution in [-0.2, 0) is 14.8 Å². The summed E-state index contributed by atoms with van der Waals surface area (Å²) in [6, 6.07) is -0.0238. The number of nitrogens with one attached hydrogen (secondary N) is 2. The van der Waals surface area contributed by atoms with Gasteiger partial charge in [0.1, 0.15) is 11.5 Å². The highest BCUT2D eigenvalue weighted by molar-refractivity contribution is 7.92. The number of hydrogen-bond donors (Lipinski definition) is 2. The van der Waals surface area contributed by atoms with Crippen molar-refractivity contribution in [1.29, 1.82) is 0 Å². The zero-order valence-electron chi connectivity index (χ0n) is 13.9. The lowest BCUT2D eigenvalue weighted by molar-refractivity contribution is -0.128. The number of carbonyl (C=O) groups excluding carboxylic acids is 1. The molecule has 0 saturated carbocycles. The first-order chi connectivity index (χ1) is 11.9. The van der Waals surface area contributed by atoms with E-state index in [9.17, 15) is 17.6 Å². The lowest BCUT2D eigenvalue weighted by Gasteiger charge is -2.32. The average molecular weight is 367 g/mol. The smallest absolute Gasteiger partial charge is 0.269 e. The summed E-state index contributed by atoms with van der Waals surface area (Å²) >= 11 is 0. The van der Waals surface area contributed by atoms with Crippen molar-refractivity contribution in [3.63, 3.8) is 0 Å². The maximum atomic E-state index is 13.3. The Hall–Kier alpha value is -1.93. The molecule has 0 aromatic heterocycles. The Bertz CT molecular complexity index is 762. The van der Waals surface area contributed by atoms with Gasteiger partial charge in [-0.2, -0.15) is 0 Å². The van der Waals surface area contributed by atoms with Crippen molar-refractivity contribution in [3.8, 4) is 0 Å². The first kappa shape index (κ1) is 17.9. The Kier molecular flexibility index (Phi) is 5.10. The second-order valence-electron chi connectivity index (χ2n) is 6.52. The molecule has 6 nitrogen and oxygen atoms in total. The largest absolute Gasteiger partial charge is 0.373 e. The summed E-state index contributed by atoms with van der Waals surface area (Å²) in [6.07, 6.45) is 6.71. The predicted octanol–water partition coefficient (Wildman–Crippen LogP) is 1.33. The molecule has 8 heteroatoms. The van der Waals surface area contributed by atoms with Crippen LogP contribution in [0.25, 0.3) is 0 Å². The molecular weight excluding hydrogens is 345 g/mol. The minimum Gasteiger partial charge on any atom is -0.373 e. The number of hydrogen-bond acceptors (Lipinski definition) is 4. The quantitative estimate of drug-likeness (QED) is 0.768. The third-order valence-electron chi connectivity index (χ3n) is 4.82. The normalized spacial score (nSPS) is 24.0. The Morgan fingerprint density at radius 3 is 2.80 bits per heavy atom. The number of piperidine rings is 1. The summed E-state index contributed by atoms with van der Waals surface area (Å²) in [5, 5.41) is 4.06. The number of nitrogens with zero attached hydrogens (tertiary/aromatic N) is 1. The molecule has 1 saturated heterocycles. The lowest BCUT2D eigenvalue weighted by Crippen LogP contribution is -2.43. The van der Waals surface area contributed by atoms with Crippen molar-refractivity contribution < 1.29 is 17.6 Å². The highest BCUT2D eigenvalue weighted by Gasteiger charge is 2.31. The van der Waals surface area contributed by atoms with E-state index < -0.39 is 10.0 Å². The first-order valence-corrected chi connectivity index (χ1v) is 9.89. The zero-order chi connectivity index (χ0) is 18.0. The van der Waals surface area contributed by atoms with Crippen LogP contribution >= 0.6 is 0 Å². The molecule has 25 heavy (non-hydrogen) atoms. The summed E-state index contributed by atoms with van der Waals surface area (Å²) in [5.41, 5.74) is 1.31. The van der Waals surface area contributed by atoms with Crippen LogP contribution < -0.4 is 10.0 Å². The van der Waals surface area contributed by atoms with Gasteiger partial charge in [-0.05, 0) is 49.0 Å². The number of carbonyl (C=O) groups is 1. The molecule has 2 heterocycles. The zero-order valence-corrected chi connectivity index (χ0v) is 14.7. The number of sulfonamides is 1. The Labute approximate surface area is 147 Å². The molecule has 1 aliphatic carbocycles. The van der Waals surface area contributed by atoms with Gasteiger partial charge < -0.3 is 10.2 Å². The van der Waals surface area contributed by atoms with Crippen molar-refractivity contribution in [2.24, 2.45) is 5.92 Å². The molecule has 3 aliphatic rings. The number of amides is 1. The molecular formula is C17H22FN3O3S. The van der Waals surface area contributed by atoms with Crippen LogP contribution in [0.5, 0.6) is 0 Å². The van der Waals surface area contributed by atoms with Gasteiger partial charge in [0.25, 0.3) is 5.91 Å². The van der Waals surface area contributed by atoms with E-state index in [2.05, 4.69) is 16.6 Å². The van der Waals surface area contributed by atoms with Crippen LogP contribution in [0.1, 0.15) is 19.3 Å². The third-order valence-corrected chi connectivity index (χ3v) is 5.83. The Morgan fingerprint density at radius 1 is 1.40 bits per heavy atom. The summed E-state index contributed by atoms with van der Waals surface area (Å²) in [7, 11) is -3.41. The van der Waals surface area contributed by atoms with E-state index in [1.807, 2.05) is 0 Å². The second-order valence-corrected chi connectivity index (χ2v) is 8.23. The van der Waals surface area contributed by atoms with Crippen LogP contribution in [0.15, 0.2) is 47.3 Å². The highest BCUT2D eigenvalue weighted by atomic mass is 32.2. The van der Waals surface area contributed by atoms with Gasteiger partial charge in [0.05, 0.1) is 6.04 Å². The number of fused-ring (bicyclic) bond motifs is 1. The van der Waals surface area contributed by atoms with Crippen molar-refractivity contribution >= 4 is 15.9 Å². The van der Waals surface area contributed by atoms with Gasteiger partial charge in [-0.15, -0.1) is 0 Å². The molecule has 0 spiro atoms. The minimum atomic E-state index is -3.41. The van der Waals surface area contributed by atoms with Crippen LogP contribution in [0, 0.1) is 5.92 Å². The molecule has 2 aliphatic heterocycles. The van der Waals surface area contributed by atoms with Crippen molar-refractivity contribution in [2.75, 3.05) is 19.6 Å². The number of rotatable bonds is 5. The van der Waals surface area contributed by atoms with E-state index in [0.717, 1.165) is 23.8 Å². The summed E-state index contributed by atoms with van der Waals surface area (Å²) < 4.78 is 38.6. The maximum absolute atomic E-state index is 13.3. The summed E-state index contributed by atoms with van der Waals surface area (Å²) in [6.45, 7) is 4.78. The van der Waals surface area contributed by atoms with E-state index in [-0.39, 0.29) is 23.7 Å². The molecule has 136 valence electrons.